The molecule has 0 amide bonds. The molecule has 0 fully saturated rings. The number of hydrogen-bond donors (Lipinski definition) is 1. The molecule has 196 valence electrons. The normalized spacial score (nSPS) is 11.8. The van der Waals surface area contributed by atoms with E-state index in [0.29, 0.717) is 22.6 Å². The average molecular weight is 534 g/mol. The van der Waals surface area contributed by atoms with E-state index in [2.05, 4.69) is 14.7 Å². The molecular weight excluding hydrogens is 505 g/mol. The lowest BCUT2D eigenvalue weighted by Crippen LogP contribution is -2.40. The molecule has 38 heavy (non-hydrogen) atoms. The third-order valence-electron chi connectivity index (χ3n) is 5.45. The predicted molar refractivity (Wildman–Crippen MR) is 143 cm³/mol. The number of rotatable bonds is 8. The number of aryl methyl sites for hydroxylation is 1. The van der Waals surface area contributed by atoms with E-state index in [9.17, 15) is 17.6 Å². The molecule has 0 aliphatic heterocycles. The number of pyridine rings is 2. The van der Waals surface area contributed by atoms with Crippen LogP contribution in [0, 0.1) is 12.7 Å². The highest BCUT2D eigenvalue weighted by atomic mass is 32.2. The van der Waals surface area contributed by atoms with Crippen molar-refractivity contribution in [3.05, 3.63) is 107 Å². The van der Waals surface area contributed by atoms with Gasteiger partial charge in [0.25, 0.3) is 0 Å². The Kier molecular flexibility index (Phi) is 7.71. The molecular formula is C29H28FN3O4S. The Morgan fingerprint density at radius 2 is 1.68 bits per heavy atom. The lowest BCUT2D eigenvalue weighted by Gasteiger charge is -2.21. The second kappa shape index (κ2) is 10.8. The standard InChI is InChI=1S/C29H28FN3O4S/c1-19-5-14-27(38(35,36)33-29(2,3)4)24(15-19)25-12-6-20(16-31-25)18-37-23-11-13-26(32-17-23)28(34)21-7-9-22(30)10-8-21/h5-17,33H,18H2,1-4H3. The number of ether oxygens (including phenoxy) is 1. The predicted octanol–water partition coefficient (Wildman–Crippen LogP) is 5.48. The van der Waals surface area contributed by atoms with Crippen LogP contribution in [-0.2, 0) is 16.6 Å². The molecule has 1 N–H and O–H groups in total. The summed E-state index contributed by atoms with van der Waals surface area (Å²) in [6.45, 7) is 7.46. The minimum atomic E-state index is -3.76. The number of halogens is 1. The molecule has 0 unspecified atom stereocenters. The number of benzene rings is 2. The fraction of sp³-hybridized carbons (Fsp3) is 0.207. The van der Waals surface area contributed by atoms with Crippen molar-refractivity contribution >= 4 is 15.8 Å². The van der Waals surface area contributed by atoms with E-state index in [4.69, 9.17) is 4.74 Å². The first-order valence-electron chi connectivity index (χ1n) is 11.9. The van der Waals surface area contributed by atoms with Crippen molar-refractivity contribution in [1.82, 2.24) is 14.7 Å². The molecule has 2 heterocycles. The molecule has 4 rings (SSSR count). The Balaban J connectivity index is 1.46. The van der Waals surface area contributed by atoms with Gasteiger partial charge < -0.3 is 4.74 Å². The Labute approximate surface area is 221 Å². The topological polar surface area (TPSA) is 98.2 Å². The second-order valence-corrected chi connectivity index (χ2v) is 11.6. The monoisotopic (exact) mass is 533 g/mol. The van der Waals surface area contributed by atoms with Gasteiger partial charge in [-0.1, -0.05) is 17.7 Å². The van der Waals surface area contributed by atoms with Crippen LogP contribution in [0.2, 0.25) is 0 Å². The molecule has 0 bridgehead atoms. The molecule has 0 saturated heterocycles. The van der Waals surface area contributed by atoms with Crippen molar-refractivity contribution in [2.45, 2.75) is 44.7 Å². The van der Waals surface area contributed by atoms with Gasteiger partial charge in [-0.3, -0.25) is 9.78 Å². The SMILES string of the molecule is Cc1ccc(S(=O)(=O)NC(C)(C)C)c(-c2ccc(COc3ccc(C(=O)c4ccc(F)cc4)nc3)cn2)c1. The third-order valence-corrected chi connectivity index (χ3v) is 7.26. The molecule has 4 aromatic rings. The van der Waals surface area contributed by atoms with Gasteiger partial charge in [-0.05, 0) is 82.3 Å². The Hall–Kier alpha value is -3.95. The van der Waals surface area contributed by atoms with Crippen molar-refractivity contribution < 1.29 is 22.3 Å². The van der Waals surface area contributed by atoms with Crippen molar-refractivity contribution in [3.8, 4) is 17.0 Å². The van der Waals surface area contributed by atoms with Crippen LogP contribution in [0.15, 0.2) is 84.0 Å². The van der Waals surface area contributed by atoms with Crippen LogP contribution in [0.3, 0.4) is 0 Å². The number of nitrogens with one attached hydrogen (secondary N) is 1. The van der Waals surface area contributed by atoms with E-state index in [1.807, 2.05) is 13.0 Å². The van der Waals surface area contributed by atoms with Gasteiger partial charge in [0.15, 0.2) is 0 Å². The third kappa shape index (κ3) is 6.67. The maximum Gasteiger partial charge on any atom is 0.241 e. The molecule has 0 radical (unpaired) electrons. The number of nitrogens with zero attached hydrogens (tertiary/aromatic N) is 2. The number of hydrogen-bond acceptors (Lipinski definition) is 6. The molecule has 0 aliphatic rings. The summed E-state index contributed by atoms with van der Waals surface area (Å²) in [5.74, 6) is -0.265. The zero-order chi connectivity index (χ0) is 27.5. The van der Waals surface area contributed by atoms with Crippen LogP contribution < -0.4 is 9.46 Å². The fourth-order valence-electron chi connectivity index (χ4n) is 3.72. The fourth-order valence-corrected chi connectivity index (χ4v) is 5.34. The van der Waals surface area contributed by atoms with Gasteiger partial charge in [-0.25, -0.2) is 22.5 Å². The van der Waals surface area contributed by atoms with Gasteiger partial charge in [0.05, 0.1) is 16.8 Å². The minimum absolute atomic E-state index is 0.163. The Morgan fingerprint density at radius 1 is 0.947 bits per heavy atom. The number of ketones is 1. The van der Waals surface area contributed by atoms with Gasteiger partial charge in [-0.15, -0.1) is 0 Å². The highest BCUT2D eigenvalue weighted by Gasteiger charge is 2.25. The summed E-state index contributed by atoms with van der Waals surface area (Å²) in [4.78, 5) is 21.3. The first-order valence-corrected chi connectivity index (χ1v) is 13.4. The van der Waals surface area contributed by atoms with Crippen LogP contribution >= 0.6 is 0 Å². The smallest absolute Gasteiger partial charge is 0.241 e. The van der Waals surface area contributed by atoms with E-state index in [1.165, 1.54) is 30.5 Å². The average Bonchev–Trinajstić information content (AvgIpc) is 2.86. The summed E-state index contributed by atoms with van der Waals surface area (Å²) in [5, 5.41) is 0. The van der Waals surface area contributed by atoms with Gasteiger partial charge in [0.1, 0.15) is 23.9 Å². The molecule has 0 atom stereocenters. The van der Waals surface area contributed by atoms with Crippen LogP contribution in [0.5, 0.6) is 5.75 Å². The van der Waals surface area contributed by atoms with Crippen molar-refractivity contribution in [2.24, 2.45) is 0 Å². The summed E-state index contributed by atoms with van der Waals surface area (Å²) in [7, 11) is -3.76. The van der Waals surface area contributed by atoms with Gasteiger partial charge in [0, 0.05) is 28.4 Å². The van der Waals surface area contributed by atoms with Crippen molar-refractivity contribution in [2.75, 3.05) is 0 Å². The molecule has 0 aliphatic carbocycles. The zero-order valence-corrected chi connectivity index (χ0v) is 22.3. The Bertz CT molecular complexity index is 1550. The number of carbonyl (C=O) groups excluding carboxylic acids is 1. The van der Waals surface area contributed by atoms with E-state index in [1.54, 1.807) is 63.4 Å². The van der Waals surface area contributed by atoms with Gasteiger partial charge in [0.2, 0.25) is 15.8 Å². The van der Waals surface area contributed by atoms with E-state index in [-0.39, 0.29) is 23.0 Å². The summed E-state index contributed by atoms with van der Waals surface area (Å²) in [5.41, 5.74) is 2.66. The van der Waals surface area contributed by atoms with Crippen LogP contribution in [0.4, 0.5) is 4.39 Å². The van der Waals surface area contributed by atoms with Gasteiger partial charge >= 0.3 is 0 Å². The molecule has 9 heteroatoms. The van der Waals surface area contributed by atoms with Crippen molar-refractivity contribution in [1.29, 1.82) is 0 Å². The first kappa shape index (κ1) is 27.1. The zero-order valence-electron chi connectivity index (χ0n) is 21.5. The highest BCUT2D eigenvalue weighted by molar-refractivity contribution is 7.89. The Morgan fingerprint density at radius 3 is 2.29 bits per heavy atom. The van der Waals surface area contributed by atoms with Crippen LogP contribution in [0.1, 0.15) is 48.0 Å². The number of aromatic nitrogens is 2. The lowest BCUT2D eigenvalue weighted by atomic mass is 10.1. The van der Waals surface area contributed by atoms with E-state index >= 15 is 0 Å². The van der Waals surface area contributed by atoms with Crippen LogP contribution in [-0.4, -0.2) is 29.7 Å². The largest absolute Gasteiger partial charge is 0.487 e. The summed E-state index contributed by atoms with van der Waals surface area (Å²) in [6, 6.07) is 17.2. The maximum atomic E-state index is 13.1. The summed E-state index contributed by atoms with van der Waals surface area (Å²) >= 11 is 0. The van der Waals surface area contributed by atoms with E-state index in [0.717, 1.165) is 11.1 Å². The van der Waals surface area contributed by atoms with E-state index < -0.39 is 21.4 Å². The summed E-state index contributed by atoms with van der Waals surface area (Å²) in [6.07, 6.45) is 3.08. The molecule has 2 aromatic heterocycles. The van der Waals surface area contributed by atoms with Gasteiger partial charge in [-0.2, -0.15) is 0 Å². The molecule has 0 saturated carbocycles. The second-order valence-electron chi connectivity index (χ2n) is 9.91. The summed E-state index contributed by atoms with van der Waals surface area (Å²) < 4.78 is 47.6. The van der Waals surface area contributed by atoms with Crippen molar-refractivity contribution in [3.63, 3.8) is 0 Å². The highest BCUT2D eigenvalue weighted by Crippen LogP contribution is 2.28. The molecule has 7 nitrogen and oxygen atoms in total. The number of sulfonamides is 1. The van der Waals surface area contributed by atoms with Crippen LogP contribution in [0.25, 0.3) is 11.3 Å². The lowest BCUT2D eigenvalue weighted by molar-refractivity contribution is 0.103. The minimum Gasteiger partial charge on any atom is -0.487 e. The quantitative estimate of drug-likeness (QED) is 0.301. The number of carbonyl (C=O) groups is 1. The maximum absolute atomic E-state index is 13.1. The molecule has 0 spiro atoms. The first-order chi connectivity index (χ1) is 17.9. The molecule has 2 aromatic carbocycles.